The molecule has 106 valence electrons. The molecule has 0 radical (unpaired) electrons. The summed E-state index contributed by atoms with van der Waals surface area (Å²) >= 11 is 0. The number of fused-ring (bicyclic) bond motifs is 1. The van der Waals surface area contributed by atoms with E-state index in [9.17, 15) is 0 Å². The molecule has 0 atom stereocenters. The predicted octanol–water partition coefficient (Wildman–Crippen LogP) is 3.32. The van der Waals surface area contributed by atoms with Gasteiger partial charge in [0.1, 0.15) is 5.75 Å². The molecule has 0 aromatic heterocycles. The molecule has 2 aromatic carbocycles. The van der Waals surface area contributed by atoms with Crippen LogP contribution in [-0.4, -0.2) is 20.4 Å². The normalized spacial score (nSPS) is 14.7. The van der Waals surface area contributed by atoms with Crippen molar-refractivity contribution in [2.24, 2.45) is 5.92 Å². The summed E-state index contributed by atoms with van der Waals surface area (Å²) in [7, 11) is 1.95. The first kappa shape index (κ1) is 13.4. The second-order valence-corrected chi connectivity index (χ2v) is 5.37. The summed E-state index contributed by atoms with van der Waals surface area (Å²) < 4.78 is 11.4. The third-order valence-corrected chi connectivity index (χ3v) is 3.70. The van der Waals surface area contributed by atoms with Gasteiger partial charge in [0.2, 0.25) is 0 Å². The van der Waals surface area contributed by atoms with E-state index in [-0.39, 0.29) is 0 Å². The van der Waals surface area contributed by atoms with E-state index < -0.39 is 0 Å². The van der Waals surface area contributed by atoms with Crippen molar-refractivity contribution in [2.75, 3.05) is 20.4 Å². The topological polar surface area (TPSA) is 30.5 Å². The second kappa shape index (κ2) is 6.25. The minimum absolute atomic E-state index is 0.339. The average molecular weight is 271 g/mol. The summed E-state index contributed by atoms with van der Waals surface area (Å²) in [5.41, 5.74) is 1.20. The highest BCUT2D eigenvalue weighted by atomic mass is 16.7. The Bertz CT molecular complexity index is 578. The number of hydrogen-bond acceptors (Lipinski definition) is 3. The monoisotopic (exact) mass is 271 g/mol. The van der Waals surface area contributed by atoms with Crippen LogP contribution >= 0.6 is 0 Å². The van der Waals surface area contributed by atoms with Gasteiger partial charge in [-0.2, -0.15) is 0 Å². The molecule has 1 N–H and O–H groups in total. The first-order valence-electron chi connectivity index (χ1n) is 7.24. The van der Waals surface area contributed by atoms with Crippen molar-refractivity contribution in [3.05, 3.63) is 42.0 Å². The number of ether oxygens (including phenoxy) is 2. The Morgan fingerprint density at radius 2 is 2.00 bits per heavy atom. The summed E-state index contributed by atoms with van der Waals surface area (Å²) in [4.78, 5) is 0. The van der Waals surface area contributed by atoms with Gasteiger partial charge in [0.25, 0.3) is 0 Å². The fraction of sp³-hybridized carbons (Fsp3) is 0.412. The van der Waals surface area contributed by atoms with E-state index in [1.807, 2.05) is 13.1 Å². The van der Waals surface area contributed by atoms with Crippen molar-refractivity contribution in [3.63, 3.8) is 0 Å². The van der Waals surface area contributed by atoms with Crippen LogP contribution in [0.15, 0.2) is 36.4 Å². The molecule has 3 nitrogen and oxygen atoms in total. The van der Waals surface area contributed by atoms with Gasteiger partial charge in [-0.3, -0.25) is 0 Å². The van der Waals surface area contributed by atoms with Gasteiger partial charge in [-0.1, -0.05) is 30.3 Å². The standard InChI is InChI=1S/C17H21NO2/c1-18-10-16-15-5-3-2-4-14(15)8-9-17(16)20-12-19-11-13-6-7-13/h2-5,8-9,13,18H,6-7,10-12H2,1H3. The van der Waals surface area contributed by atoms with Crippen molar-refractivity contribution < 1.29 is 9.47 Å². The fourth-order valence-corrected chi connectivity index (χ4v) is 2.41. The highest BCUT2D eigenvalue weighted by molar-refractivity contribution is 5.87. The Morgan fingerprint density at radius 3 is 2.80 bits per heavy atom. The minimum atomic E-state index is 0.339. The van der Waals surface area contributed by atoms with Crippen LogP contribution in [0.1, 0.15) is 18.4 Å². The lowest BCUT2D eigenvalue weighted by molar-refractivity contribution is 0.00953. The first-order valence-corrected chi connectivity index (χ1v) is 7.24. The maximum Gasteiger partial charge on any atom is 0.189 e. The number of rotatable bonds is 7. The van der Waals surface area contributed by atoms with E-state index in [0.29, 0.717) is 6.79 Å². The molecular formula is C17H21NO2. The summed E-state index contributed by atoms with van der Waals surface area (Å²) in [5.74, 6) is 1.68. The van der Waals surface area contributed by atoms with Gasteiger partial charge in [0.15, 0.2) is 6.79 Å². The first-order chi connectivity index (χ1) is 9.88. The third kappa shape index (κ3) is 3.11. The van der Waals surface area contributed by atoms with Crippen molar-refractivity contribution in [1.29, 1.82) is 0 Å². The van der Waals surface area contributed by atoms with Crippen molar-refractivity contribution in [2.45, 2.75) is 19.4 Å². The lowest BCUT2D eigenvalue weighted by atomic mass is 10.0. The van der Waals surface area contributed by atoms with E-state index in [4.69, 9.17) is 9.47 Å². The van der Waals surface area contributed by atoms with E-state index in [1.54, 1.807) is 0 Å². The Labute approximate surface area is 119 Å². The summed E-state index contributed by atoms with van der Waals surface area (Å²) in [6.45, 7) is 1.96. The summed E-state index contributed by atoms with van der Waals surface area (Å²) in [6, 6.07) is 12.5. The molecule has 0 saturated heterocycles. The number of nitrogens with one attached hydrogen (secondary N) is 1. The van der Waals surface area contributed by atoms with Crippen LogP contribution in [0, 0.1) is 5.92 Å². The average Bonchev–Trinajstić information content (AvgIpc) is 3.30. The largest absolute Gasteiger partial charge is 0.467 e. The van der Waals surface area contributed by atoms with Gasteiger partial charge in [0, 0.05) is 12.1 Å². The second-order valence-electron chi connectivity index (χ2n) is 5.37. The van der Waals surface area contributed by atoms with Crippen LogP contribution in [-0.2, 0) is 11.3 Å². The van der Waals surface area contributed by atoms with E-state index >= 15 is 0 Å². The molecule has 0 spiro atoms. The molecule has 0 aliphatic heterocycles. The smallest absolute Gasteiger partial charge is 0.189 e. The zero-order valence-corrected chi connectivity index (χ0v) is 11.9. The van der Waals surface area contributed by atoms with Crippen molar-refractivity contribution in [3.8, 4) is 5.75 Å². The van der Waals surface area contributed by atoms with Gasteiger partial charge in [-0.25, -0.2) is 0 Å². The molecular weight excluding hydrogens is 250 g/mol. The molecule has 1 saturated carbocycles. The molecule has 3 rings (SSSR count). The molecule has 1 aliphatic rings. The summed E-state index contributed by atoms with van der Waals surface area (Å²) in [6.07, 6.45) is 2.61. The van der Waals surface area contributed by atoms with Crippen LogP contribution in [0.5, 0.6) is 5.75 Å². The minimum Gasteiger partial charge on any atom is -0.467 e. The Balaban J connectivity index is 1.75. The molecule has 1 aliphatic carbocycles. The van der Waals surface area contributed by atoms with Crippen LogP contribution in [0.2, 0.25) is 0 Å². The maximum atomic E-state index is 5.81. The SMILES string of the molecule is CNCc1c(OCOCC2CC2)ccc2ccccc12. The van der Waals surface area contributed by atoms with Crippen LogP contribution in [0.25, 0.3) is 10.8 Å². The number of hydrogen-bond donors (Lipinski definition) is 1. The lowest BCUT2D eigenvalue weighted by Crippen LogP contribution is -2.10. The molecule has 20 heavy (non-hydrogen) atoms. The molecule has 2 aromatic rings. The molecule has 0 amide bonds. The van der Waals surface area contributed by atoms with Gasteiger partial charge < -0.3 is 14.8 Å². The van der Waals surface area contributed by atoms with Crippen LogP contribution in [0.3, 0.4) is 0 Å². The van der Waals surface area contributed by atoms with E-state index in [0.717, 1.165) is 24.8 Å². The highest BCUT2D eigenvalue weighted by Gasteiger charge is 2.21. The van der Waals surface area contributed by atoms with Gasteiger partial charge >= 0.3 is 0 Å². The third-order valence-electron chi connectivity index (χ3n) is 3.70. The maximum absolute atomic E-state index is 5.81. The van der Waals surface area contributed by atoms with E-state index in [2.05, 4.69) is 35.6 Å². The zero-order chi connectivity index (χ0) is 13.8. The molecule has 0 heterocycles. The Morgan fingerprint density at radius 1 is 1.15 bits per heavy atom. The van der Waals surface area contributed by atoms with Crippen molar-refractivity contribution >= 4 is 10.8 Å². The number of benzene rings is 2. The Kier molecular flexibility index (Phi) is 4.19. The lowest BCUT2D eigenvalue weighted by Gasteiger charge is -2.14. The molecule has 0 bridgehead atoms. The fourth-order valence-electron chi connectivity index (χ4n) is 2.41. The molecule has 1 fully saturated rings. The highest BCUT2D eigenvalue weighted by Crippen LogP contribution is 2.30. The quantitative estimate of drug-likeness (QED) is 0.619. The van der Waals surface area contributed by atoms with Crippen LogP contribution in [0.4, 0.5) is 0 Å². The van der Waals surface area contributed by atoms with Crippen molar-refractivity contribution in [1.82, 2.24) is 5.32 Å². The van der Waals surface area contributed by atoms with Crippen LogP contribution < -0.4 is 10.1 Å². The Hall–Kier alpha value is -1.58. The van der Waals surface area contributed by atoms with E-state index in [1.165, 1.54) is 29.2 Å². The predicted molar refractivity (Wildman–Crippen MR) is 80.9 cm³/mol. The van der Waals surface area contributed by atoms with Gasteiger partial charge in [0.05, 0.1) is 6.61 Å². The van der Waals surface area contributed by atoms with Gasteiger partial charge in [-0.05, 0) is 42.6 Å². The molecule has 0 unspecified atom stereocenters. The zero-order valence-electron chi connectivity index (χ0n) is 11.9. The summed E-state index contributed by atoms with van der Waals surface area (Å²) in [5, 5.41) is 5.69. The van der Waals surface area contributed by atoms with Gasteiger partial charge in [-0.15, -0.1) is 0 Å². The molecule has 3 heteroatoms.